The smallest absolute Gasteiger partial charge is 0.255 e. The van der Waals surface area contributed by atoms with Crippen LogP contribution in [0.2, 0.25) is 0 Å². The molecule has 2 heterocycles. The Bertz CT molecular complexity index is 562. The summed E-state index contributed by atoms with van der Waals surface area (Å²) in [5.74, 6) is 1.24. The van der Waals surface area contributed by atoms with Crippen molar-refractivity contribution in [3.63, 3.8) is 0 Å². The van der Waals surface area contributed by atoms with Gasteiger partial charge in [-0.3, -0.25) is 4.79 Å². The van der Waals surface area contributed by atoms with Crippen molar-refractivity contribution in [2.75, 3.05) is 5.32 Å². The van der Waals surface area contributed by atoms with E-state index in [0.717, 1.165) is 18.6 Å². The summed E-state index contributed by atoms with van der Waals surface area (Å²) in [5.41, 5.74) is 0.570. The summed E-state index contributed by atoms with van der Waals surface area (Å²) in [6, 6.07) is 7.62. The highest BCUT2D eigenvalue weighted by atomic mass is 16.3. The van der Waals surface area contributed by atoms with Crippen molar-refractivity contribution in [2.45, 2.75) is 25.4 Å². The van der Waals surface area contributed by atoms with Gasteiger partial charge in [-0.2, -0.15) is 0 Å². The molecule has 2 aromatic rings. The Hall–Kier alpha value is -2.30. The Morgan fingerprint density at radius 2 is 2.26 bits per heavy atom. The number of nitrogens with one attached hydrogen (secondary N) is 2. The average molecular weight is 257 g/mol. The molecule has 1 fully saturated rings. The van der Waals surface area contributed by atoms with Gasteiger partial charge in [0.15, 0.2) is 0 Å². The van der Waals surface area contributed by atoms with Crippen LogP contribution in [0.15, 0.2) is 41.1 Å². The summed E-state index contributed by atoms with van der Waals surface area (Å²) < 4.78 is 5.18. The third kappa shape index (κ3) is 2.93. The molecule has 0 aliphatic heterocycles. The van der Waals surface area contributed by atoms with Gasteiger partial charge in [0.1, 0.15) is 11.6 Å². The van der Waals surface area contributed by atoms with Gasteiger partial charge in [0, 0.05) is 12.2 Å². The maximum Gasteiger partial charge on any atom is 0.255 e. The number of pyridine rings is 1. The molecular formula is C14H15N3O2. The van der Waals surface area contributed by atoms with Crippen LogP contribution >= 0.6 is 0 Å². The molecule has 0 radical (unpaired) electrons. The van der Waals surface area contributed by atoms with Crippen molar-refractivity contribution in [2.24, 2.45) is 0 Å². The Kier molecular flexibility index (Phi) is 3.18. The van der Waals surface area contributed by atoms with Crippen molar-refractivity contribution in [3.05, 3.63) is 48.0 Å². The van der Waals surface area contributed by atoms with Crippen molar-refractivity contribution in [3.8, 4) is 0 Å². The summed E-state index contributed by atoms with van der Waals surface area (Å²) >= 11 is 0. The number of furan rings is 1. The van der Waals surface area contributed by atoms with E-state index >= 15 is 0 Å². The number of amides is 1. The van der Waals surface area contributed by atoms with E-state index in [2.05, 4.69) is 15.6 Å². The first-order chi connectivity index (χ1) is 9.33. The van der Waals surface area contributed by atoms with Crippen LogP contribution in [0.1, 0.15) is 29.0 Å². The monoisotopic (exact) mass is 257 g/mol. The Labute approximate surface area is 111 Å². The Balaban J connectivity index is 1.68. The van der Waals surface area contributed by atoms with Crippen LogP contribution < -0.4 is 10.6 Å². The Morgan fingerprint density at radius 1 is 1.37 bits per heavy atom. The minimum Gasteiger partial charge on any atom is -0.467 e. The average Bonchev–Trinajstić information content (AvgIpc) is 3.09. The number of carbonyl (C=O) groups excluding carboxylic acids is 1. The summed E-state index contributed by atoms with van der Waals surface area (Å²) in [6.07, 6.45) is 5.56. The molecule has 98 valence electrons. The standard InChI is InChI=1S/C14H15N3O2/c18-14(16-9-11-3-2-8-19-11)12-4-1-7-15-13(12)17-10-5-6-10/h1-4,7-8,10H,5-6,9H2,(H,15,17)(H,16,18). The third-order valence-corrected chi connectivity index (χ3v) is 2.97. The molecule has 0 spiro atoms. The molecule has 1 aliphatic rings. The zero-order chi connectivity index (χ0) is 13.1. The summed E-state index contributed by atoms with van der Waals surface area (Å²) in [6.45, 7) is 0.379. The van der Waals surface area contributed by atoms with Gasteiger partial charge < -0.3 is 15.1 Å². The van der Waals surface area contributed by atoms with Crippen LogP contribution in [0.4, 0.5) is 5.82 Å². The van der Waals surface area contributed by atoms with Crippen molar-refractivity contribution < 1.29 is 9.21 Å². The predicted molar refractivity (Wildman–Crippen MR) is 70.8 cm³/mol. The summed E-state index contributed by atoms with van der Waals surface area (Å²) in [5, 5.41) is 6.09. The van der Waals surface area contributed by atoms with Crippen LogP contribution in [0, 0.1) is 0 Å². The van der Waals surface area contributed by atoms with E-state index in [1.165, 1.54) is 0 Å². The van der Waals surface area contributed by atoms with E-state index in [-0.39, 0.29) is 5.91 Å². The molecule has 2 aromatic heterocycles. The van der Waals surface area contributed by atoms with E-state index in [9.17, 15) is 4.79 Å². The summed E-state index contributed by atoms with van der Waals surface area (Å²) in [4.78, 5) is 16.4. The van der Waals surface area contributed by atoms with E-state index < -0.39 is 0 Å². The second-order valence-corrected chi connectivity index (χ2v) is 4.58. The number of nitrogens with zero attached hydrogens (tertiary/aromatic N) is 1. The fraction of sp³-hybridized carbons (Fsp3) is 0.286. The van der Waals surface area contributed by atoms with Crippen molar-refractivity contribution >= 4 is 11.7 Å². The quantitative estimate of drug-likeness (QED) is 0.861. The van der Waals surface area contributed by atoms with Gasteiger partial charge in [0.2, 0.25) is 0 Å². The van der Waals surface area contributed by atoms with E-state index in [0.29, 0.717) is 24.0 Å². The number of rotatable bonds is 5. The number of carbonyl (C=O) groups is 1. The molecule has 1 saturated carbocycles. The minimum atomic E-state index is -0.146. The highest BCUT2D eigenvalue weighted by molar-refractivity contribution is 5.98. The lowest BCUT2D eigenvalue weighted by Gasteiger charge is -2.09. The lowest BCUT2D eigenvalue weighted by atomic mass is 10.2. The molecular weight excluding hydrogens is 242 g/mol. The zero-order valence-corrected chi connectivity index (χ0v) is 10.4. The number of hydrogen-bond acceptors (Lipinski definition) is 4. The second kappa shape index (κ2) is 5.14. The molecule has 0 aromatic carbocycles. The molecule has 0 atom stereocenters. The van der Waals surface area contributed by atoms with Gasteiger partial charge in [0.25, 0.3) is 5.91 Å². The first-order valence-electron chi connectivity index (χ1n) is 6.35. The van der Waals surface area contributed by atoms with Gasteiger partial charge in [-0.15, -0.1) is 0 Å². The lowest BCUT2D eigenvalue weighted by molar-refractivity contribution is 0.0948. The maximum absolute atomic E-state index is 12.1. The molecule has 5 heteroatoms. The van der Waals surface area contributed by atoms with Crippen LogP contribution in [-0.2, 0) is 6.54 Å². The van der Waals surface area contributed by atoms with Gasteiger partial charge in [0.05, 0.1) is 18.4 Å². The molecule has 19 heavy (non-hydrogen) atoms. The number of aromatic nitrogens is 1. The molecule has 1 aliphatic carbocycles. The summed E-state index contributed by atoms with van der Waals surface area (Å²) in [7, 11) is 0. The third-order valence-electron chi connectivity index (χ3n) is 2.97. The molecule has 1 amide bonds. The van der Waals surface area contributed by atoms with Gasteiger partial charge in [-0.05, 0) is 37.1 Å². The van der Waals surface area contributed by atoms with Gasteiger partial charge >= 0.3 is 0 Å². The largest absolute Gasteiger partial charge is 0.467 e. The number of anilines is 1. The zero-order valence-electron chi connectivity index (χ0n) is 10.4. The molecule has 0 bridgehead atoms. The van der Waals surface area contributed by atoms with Crippen molar-refractivity contribution in [1.29, 1.82) is 0 Å². The highest BCUT2D eigenvalue weighted by Crippen LogP contribution is 2.25. The van der Waals surface area contributed by atoms with Crippen LogP contribution in [0.3, 0.4) is 0 Å². The fourth-order valence-electron chi connectivity index (χ4n) is 1.80. The van der Waals surface area contributed by atoms with Crippen molar-refractivity contribution in [1.82, 2.24) is 10.3 Å². The molecule has 3 rings (SSSR count). The first-order valence-corrected chi connectivity index (χ1v) is 6.35. The molecule has 0 unspecified atom stereocenters. The maximum atomic E-state index is 12.1. The fourth-order valence-corrected chi connectivity index (χ4v) is 1.80. The topological polar surface area (TPSA) is 67.2 Å². The van der Waals surface area contributed by atoms with Gasteiger partial charge in [-0.25, -0.2) is 4.98 Å². The second-order valence-electron chi connectivity index (χ2n) is 4.58. The lowest BCUT2D eigenvalue weighted by Crippen LogP contribution is -2.24. The Morgan fingerprint density at radius 3 is 3.00 bits per heavy atom. The van der Waals surface area contributed by atoms with E-state index in [4.69, 9.17) is 4.42 Å². The minimum absolute atomic E-state index is 0.146. The van der Waals surface area contributed by atoms with Crippen LogP contribution in [0.25, 0.3) is 0 Å². The molecule has 5 nitrogen and oxygen atoms in total. The SMILES string of the molecule is O=C(NCc1ccco1)c1cccnc1NC1CC1. The van der Waals surface area contributed by atoms with E-state index in [1.54, 1.807) is 30.7 Å². The normalized spacial score (nSPS) is 14.1. The predicted octanol–water partition coefficient (Wildman–Crippen LogP) is 2.18. The number of hydrogen-bond donors (Lipinski definition) is 2. The van der Waals surface area contributed by atoms with Crippen LogP contribution in [0.5, 0.6) is 0 Å². The van der Waals surface area contributed by atoms with Crippen LogP contribution in [-0.4, -0.2) is 16.9 Å². The molecule has 0 saturated heterocycles. The molecule has 2 N–H and O–H groups in total. The van der Waals surface area contributed by atoms with E-state index in [1.807, 2.05) is 6.07 Å². The van der Waals surface area contributed by atoms with Gasteiger partial charge in [-0.1, -0.05) is 0 Å². The first kappa shape index (κ1) is 11.8. The highest BCUT2D eigenvalue weighted by Gasteiger charge is 2.23.